The van der Waals surface area contributed by atoms with Gasteiger partial charge in [0.2, 0.25) is 0 Å². The fraction of sp³-hybridized carbons (Fsp3) is 0.857. The van der Waals surface area contributed by atoms with Gasteiger partial charge in [0.15, 0.2) is 5.78 Å². The van der Waals surface area contributed by atoms with Crippen molar-refractivity contribution in [1.29, 1.82) is 0 Å². The van der Waals surface area contributed by atoms with Gasteiger partial charge in [-0.1, -0.05) is 13.8 Å². The predicted octanol–water partition coefficient (Wildman–Crippen LogP) is 6.33. The molecule has 0 amide bonds. The zero-order valence-corrected chi connectivity index (χ0v) is 20.1. The van der Waals surface area contributed by atoms with Crippen LogP contribution in [0.1, 0.15) is 95.7 Å². The highest BCUT2D eigenvalue weighted by atomic mass is 19.1. The van der Waals surface area contributed by atoms with Crippen LogP contribution in [0.4, 0.5) is 4.39 Å². The van der Waals surface area contributed by atoms with Gasteiger partial charge in [0, 0.05) is 11.6 Å². The van der Waals surface area contributed by atoms with E-state index in [-0.39, 0.29) is 17.3 Å². The van der Waals surface area contributed by atoms with Crippen LogP contribution in [0.15, 0.2) is 6.20 Å². The first-order valence-corrected chi connectivity index (χ1v) is 13.7. The molecule has 0 bridgehead atoms. The molecule has 4 fully saturated rings. The monoisotopic (exact) mass is 440 g/mol. The van der Waals surface area contributed by atoms with E-state index in [1.54, 1.807) is 0 Å². The van der Waals surface area contributed by atoms with E-state index in [2.05, 4.69) is 18.9 Å². The zero-order chi connectivity index (χ0) is 22.1. The van der Waals surface area contributed by atoms with E-state index < -0.39 is 5.67 Å². The van der Waals surface area contributed by atoms with Crippen molar-refractivity contribution in [3.63, 3.8) is 0 Å². The molecule has 32 heavy (non-hydrogen) atoms. The van der Waals surface area contributed by atoms with Crippen molar-refractivity contribution in [2.75, 3.05) is 0 Å². The van der Waals surface area contributed by atoms with E-state index in [9.17, 15) is 4.79 Å². The van der Waals surface area contributed by atoms with E-state index in [0.717, 1.165) is 64.2 Å². The van der Waals surface area contributed by atoms with Crippen LogP contribution in [-0.4, -0.2) is 21.2 Å². The summed E-state index contributed by atoms with van der Waals surface area (Å²) in [6, 6.07) is 0. The molecule has 0 aliphatic heterocycles. The Hall–Kier alpha value is -1.19. The highest BCUT2D eigenvalue weighted by Gasteiger charge is 2.62. The van der Waals surface area contributed by atoms with Gasteiger partial charge in [-0.15, -0.1) is 0 Å². The smallest absolute Gasteiger partial charge is 0.157 e. The Balaban J connectivity index is 1.20. The number of aryl methyl sites for hydroxylation is 1. The van der Waals surface area contributed by atoms with Gasteiger partial charge in [0.25, 0.3) is 0 Å². The number of alkyl halides is 1. The molecule has 2 unspecified atom stereocenters. The SMILES string of the molecule is C[C@H]1CC[C@]2(F)C3CC[C@@]4(C)C(CC[C@@H]4C(=O)Cn4ncc5c4CCCC5)[C@@H]3CC[C@@H]2C1. The summed E-state index contributed by atoms with van der Waals surface area (Å²) in [4.78, 5) is 13.6. The summed E-state index contributed by atoms with van der Waals surface area (Å²) in [6.45, 7) is 5.15. The molecule has 3 nitrogen and oxygen atoms in total. The molecule has 8 atom stereocenters. The van der Waals surface area contributed by atoms with Crippen LogP contribution in [0.3, 0.4) is 0 Å². The molecule has 0 radical (unpaired) electrons. The predicted molar refractivity (Wildman–Crippen MR) is 124 cm³/mol. The normalized spacial score (nSPS) is 45.5. The van der Waals surface area contributed by atoms with Gasteiger partial charge < -0.3 is 0 Å². The second-order valence-electron chi connectivity index (χ2n) is 12.6. The molecule has 1 heterocycles. The van der Waals surface area contributed by atoms with Crippen LogP contribution in [0.25, 0.3) is 0 Å². The minimum Gasteiger partial charge on any atom is -0.297 e. The average Bonchev–Trinajstić information content (AvgIpc) is 3.35. The number of rotatable bonds is 3. The second-order valence-corrected chi connectivity index (χ2v) is 12.6. The van der Waals surface area contributed by atoms with Gasteiger partial charge >= 0.3 is 0 Å². The molecule has 4 saturated carbocycles. The third kappa shape index (κ3) is 3.10. The molecule has 0 spiro atoms. The Labute approximate surface area is 192 Å². The summed E-state index contributed by atoms with van der Waals surface area (Å²) in [5.74, 6) is 2.79. The standard InChI is InChI=1S/C28H41FN2O/c1-18-11-14-28(29)20(15-18)7-8-21-22-9-10-24(27(22,2)13-12-23(21)28)26(32)17-31-25-6-4-3-5-19(25)16-30-31/h16,18,20-24H,3-15,17H2,1-2H3/t18-,20+,21-,22?,23?,24+,27-,28+/m0/s1. The van der Waals surface area contributed by atoms with Crippen molar-refractivity contribution < 1.29 is 9.18 Å². The van der Waals surface area contributed by atoms with Crippen molar-refractivity contribution in [3.05, 3.63) is 17.5 Å². The Kier molecular flexibility index (Phi) is 5.12. The molecular formula is C28H41FN2O. The maximum absolute atomic E-state index is 16.5. The molecule has 4 heteroatoms. The lowest BCUT2D eigenvalue weighted by atomic mass is 9.48. The Bertz CT molecular complexity index is 894. The van der Waals surface area contributed by atoms with Gasteiger partial charge in [-0.2, -0.15) is 5.10 Å². The number of aromatic nitrogens is 2. The summed E-state index contributed by atoms with van der Waals surface area (Å²) < 4.78 is 18.5. The maximum atomic E-state index is 16.5. The highest BCUT2D eigenvalue weighted by Crippen LogP contribution is 2.66. The van der Waals surface area contributed by atoms with Crippen molar-refractivity contribution in [2.45, 2.75) is 110 Å². The number of halogens is 1. The minimum absolute atomic E-state index is 0.0661. The Morgan fingerprint density at radius 1 is 1.09 bits per heavy atom. The molecule has 5 aliphatic carbocycles. The first-order valence-electron chi connectivity index (χ1n) is 13.7. The maximum Gasteiger partial charge on any atom is 0.157 e. The van der Waals surface area contributed by atoms with Crippen molar-refractivity contribution in [2.24, 2.45) is 40.9 Å². The third-order valence-corrected chi connectivity index (χ3v) is 11.1. The lowest BCUT2D eigenvalue weighted by molar-refractivity contribution is -0.146. The fourth-order valence-electron chi connectivity index (χ4n) is 9.48. The number of ketones is 1. The van der Waals surface area contributed by atoms with Crippen LogP contribution >= 0.6 is 0 Å². The number of hydrogen-bond acceptors (Lipinski definition) is 2. The third-order valence-electron chi connectivity index (χ3n) is 11.1. The summed E-state index contributed by atoms with van der Waals surface area (Å²) in [5.41, 5.74) is 1.80. The first kappa shape index (κ1) is 21.4. The van der Waals surface area contributed by atoms with Crippen LogP contribution in [0.2, 0.25) is 0 Å². The molecule has 1 aromatic rings. The van der Waals surface area contributed by atoms with E-state index in [0.29, 0.717) is 36.0 Å². The van der Waals surface area contributed by atoms with Gasteiger partial charge in [-0.05, 0) is 124 Å². The average molecular weight is 441 g/mol. The quantitative estimate of drug-likeness (QED) is 0.551. The van der Waals surface area contributed by atoms with Gasteiger partial charge in [0.1, 0.15) is 12.2 Å². The fourth-order valence-corrected chi connectivity index (χ4v) is 9.48. The van der Waals surface area contributed by atoms with Crippen LogP contribution in [0, 0.1) is 40.9 Å². The summed E-state index contributed by atoms with van der Waals surface area (Å²) >= 11 is 0. The molecular weight excluding hydrogens is 399 g/mol. The number of carbonyl (C=O) groups is 1. The lowest BCUT2D eigenvalue weighted by Gasteiger charge is -2.58. The minimum atomic E-state index is -0.924. The topological polar surface area (TPSA) is 34.9 Å². The Morgan fingerprint density at radius 3 is 2.81 bits per heavy atom. The van der Waals surface area contributed by atoms with E-state index in [1.807, 2.05) is 10.9 Å². The molecule has 176 valence electrons. The molecule has 5 aliphatic rings. The first-order chi connectivity index (χ1) is 15.4. The van der Waals surface area contributed by atoms with Crippen molar-refractivity contribution in [3.8, 4) is 0 Å². The number of nitrogens with zero attached hydrogens (tertiary/aromatic N) is 2. The Morgan fingerprint density at radius 2 is 1.94 bits per heavy atom. The van der Waals surface area contributed by atoms with Gasteiger partial charge in [0.05, 0.1) is 6.20 Å². The van der Waals surface area contributed by atoms with Gasteiger partial charge in [-0.3, -0.25) is 9.48 Å². The van der Waals surface area contributed by atoms with Crippen molar-refractivity contribution >= 4 is 5.78 Å². The highest BCUT2D eigenvalue weighted by molar-refractivity contribution is 5.82. The summed E-state index contributed by atoms with van der Waals surface area (Å²) in [7, 11) is 0. The van der Waals surface area contributed by atoms with Crippen molar-refractivity contribution in [1.82, 2.24) is 9.78 Å². The van der Waals surface area contributed by atoms with Crippen LogP contribution in [0.5, 0.6) is 0 Å². The number of carbonyl (C=O) groups excluding carboxylic acids is 1. The summed E-state index contributed by atoms with van der Waals surface area (Å²) in [6.07, 6.45) is 16.0. The van der Waals surface area contributed by atoms with E-state index in [1.165, 1.54) is 30.5 Å². The molecule has 6 rings (SSSR count). The summed E-state index contributed by atoms with van der Waals surface area (Å²) in [5, 5.41) is 4.61. The van der Waals surface area contributed by atoms with Gasteiger partial charge in [-0.25, -0.2) is 4.39 Å². The van der Waals surface area contributed by atoms with Crippen LogP contribution < -0.4 is 0 Å². The number of Topliss-reactive ketones (excluding diaryl/α,β-unsaturated/α-hetero) is 1. The van der Waals surface area contributed by atoms with E-state index in [4.69, 9.17) is 0 Å². The number of fused-ring (bicyclic) bond motifs is 6. The largest absolute Gasteiger partial charge is 0.297 e. The molecule has 0 N–H and O–H groups in total. The molecule has 0 saturated heterocycles. The zero-order valence-electron chi connectivity index (χ0n) is 20.1. The molecule has 0 aromatic carbocycles. The lowest BCUT2D eigenvalue weighted by Crippen LogP contribution is -2.56. The van der Waals surface area contributed by atoms with Crippen LogP contribution in [-0.2, 0) is 24.2 Å². The second kappa shape index (κ2) is 7.67. The molecule has 1 aromatic heterocycles. The van der Waals surface area contributed by atoms with E-state index >= 15 is 4.39 Å². The number of hydrogen-bond donors (Lipinski definition) is 0.